The molecule has 1 saturated carbocycles. The van der Waals surface area contributed by atoms with Crippen LogP contribution in [-0.4, -0.2) is 59.9 Å². The van der Waals surface area contributed by atoms with E-state index in [9.17, 15) is 14.4 Å². The molecule has 8 heteroatoms. The molecule has 3 fully saturated rings. The van der Waals surface area contributed by atoms with Gasteiger partial charge in [0.05, 0.1) is 5.69 Å². The SMILES string of the molecule is CCCCC1=N[C@H](NC(=O)OC(C)(C)C)C(=O)N(CC(=O)N2CC3CCC(CC3)C2)c2ccccc21. The molecule has 3 heterocycles. The van der Waals surface area contributed by atoms with Crippen molar-refractivity contribution in [2.24, 2.45) is 16.8 Å². The first-order valence-corrected chi connectivity index (χ1v) is 13.4. The quantitative estimate of drug-likeness (QED) is 0.627. The average molecular weight is 497 g/mol. The number of nitrogens with zero attached hydrogens (tertiary/aromatic N) is 3. The number of alkyl carbamates (subject to hydrolysis) is 1. The molecule has 4 aliphatic rings. The second-order valence-electron chi connectivity index (χ2n) is 11.4. The van der Waals surface area contributed by atoms with Gasteiger partial charge in [0.2, 0.25) is 12.1 Å². The minimum atomic E-state index is -1.16. The molecule has 36 heavy (non-hydrogen) atoms. The van der Waals surface area contributed by atoms with E-state index in [1.54, 1.807) is 20.8 Å². The lowest BCUT2D eigenvalue weighted by molar-refractivity contribution is -0.132. The van der Waals surface area contributed by atoms with Crippen molar-refractivity contribution in [3.05, 3.63) is 29.8 Å². The predicted molar refractivity (Wildman–Crippen MR) is 140 cm³/mol. The lowest BCUT2D eigenvalue weighted by atomic mass is 9.84. The predicted octanol–water partition coefficient (Wildman–Crippen LogP) is 4.51. The number of rotatable bonds is 6. The molecule has 3 amide bonds. The molecule has 0 radical (unpaired) electrons. The zero-order valence-electron chi connectivity index (χ0n) is 22.1. The lowest BCUT2D eigenvalue weighted by Gasteiger charge is -2.29. The van der Waals surface area contributed by atoms with E-state index in [0.717, 1.165) is 37.2 Å². The van der Waals surface area contributed by atoms with Crippen molar-refractivity contribution in [3.8, 4) is 0 Å². The summed E-state index contributed by atoms with van der Waals surface area (Å²) in [6.45, 7) is 8.86. The van der Waals surface area contributed by atoms with E-state index < -0.39 is 23.8 Å². The summed E-state index contributed by atoms with van der Waals surface area (Å²) in [4.78, 5) is 48.2. The number of amides is 3. The van der Waals surface area contributed by atoms with Crippen LogP contribution in [0.4, 0.5) is 10.5 Å². The fraction of sp³-hybridized carbons (Fsp3) is 0.643. The number of anilines is 1. The van der Waals surface area contributed by atoms with Crippen molar-refractivity contribution in [1.29, 1.82) is 0 Å². The van der Waals surface area contributed by atoms with Gasteiger partial charge in [0.15, 0.2) is 0 Å². The van der Waals surface area contributed by atoms with Gasteiger partial charge in [-0.05, 0) is 77.2 Å². The van der Waals surface area contributed by atoms with Crippen molar-refractivity contribution in [1.82, 2.24) is 10.2 Å². The Bertz CT molecular complexity index is 993. The summed E-state index contributed by atoms with van der Waals surface area (Å²) in [5, 5.41) is 2.66. The number of hydrogen-bond acceptors (Lipinski definition) is 5. The molecule has 196 valence electrons. The summed E-state index contributed by atoms with van der Waals surface area (Å²) in [6, 6.07) is 7.59. The van der Waals surface area contributed by atoms with Gasteiger partial charge in [-0.25, -0.2) is 4.79 Å². The van der Waals surface area contributed by atoms with Gasteiger partial charge < -0.3 is 9.64 Å². The molecule has 0 unspecified atom stereocenters. The number of unbranched alkanes of at least 4 members (excludes halogenated alkanes) is 1. The van der Waals surface area contributed by atoms with Crippen LogP contribution in [0.2, 0.25) is 0 Å². The number of para-hydroxylation sites is 1. The topological polar surface area (TPSA) is 91.3 Å². The van der Waals surface area contributed by atoms with Crippen molar-refractivity contribution in [2.75, 3.05) is 24.5 Å². The van der Waals surface area contributed by atoms with Gasteiger partial charge in [-0.2, -0.15) is 0 Å². The van der Waals surface area contributed by atoms with Crippen molar-refractivity contribution >= 4 is 29.3 Å². The van der Waals surface area contributed by atoms with Crippen LogP contribution in [0.15, 0.2) is 29.3 Å². The fourth-order valence-electron chi connectivity index (χ4n) is 5.45. The molecule has 5 rings (SSSR count). The van der Waals surface area contributed by atoms with E-state index in [-0.39, 0.29) is 12.5 Å². The summed E-state index contributed by atoms with van der Waals surface area (Å²) in [5.74, 6) is 0.617. The molecule has 2 bridgehead atoms. The van der Waals surface area contributed by atoms with Crippen LogP contribution in [0.1, 0.15) is 78.2 Å². The number of nitrogens with one attached hydrogen (secondary N) is 1. The van der Waals surface area contributed by atoms with Gasteiger partial charge in [0.25, 0.3) is 5.91 Å². The first-order chi connectivity index (χ1) is 17.1. The zero-order valence-corrected chi connectivity index (χ0v) is 22.1. The molecule has 2 saturated heterocycles. The Balaban J connectivity index is 1.63. The number of carbonyl (C=O) groups is 3. The number of ether oxygens (including phenoxy) is 1. The molecule has 0 aromatic heterocycles. The third-order valence-corrected chi connectivity index (χ3v) is 7.28. The number of benzene rings is 1. The maximum Gasteiger partial charge on any atom is 0.409 e. The lowest BCUT2D eigenvalue weighted by Crippen LogP contribution is -2.51. The number of fused-ring (bicyclic) bond motifs is 5. The van der Waals surface area contributed by atoms with Gasteiger partial charge in [-0.15, -0.1) is 0 Å². The molecule has 1 N–H and O–H groups in total. The maximum absolute atomic E-state index is 13.8. The summed E-state index contributed by atoms with van der Waals surface area (Å²) >= 11 is 0. The molecule has 3 aliphatic heterocycles. The fourth-order valence-corrected chi connectivity index (χ4v) is 5.45. The van der Waals surface area contributed by atoms with Gasteiger partial charge in [0.1, 0.15) is 12.1 Å². The Morgan fingerprint density at radius 1 is 1.08 bits per heavy atom. The molecule has 1 aromatic rings. The van der Waals surface area contributed by atoms with Crippen LogP contribution in [0.5, 0.6) is 0 Å². The molecular weight excluding hydrogens is 456 g/mol. The van der Waals surface area contributed by atoms with Crippen LogP contribution in [0.3, 0.4) is 0 Å². The summed E-state index contributed by atoms with van der Waals surface area (Å²) < 4.78 is 5.41. The number of carbonyl (C=O) groups excluding carboxylic acids is 3. The van der Waals surface area contributed by atoms with Gasteiger partial charge in [-0.1, -0.05) is 31.5 Å². The summed E-state index contributed by atoms with van der Waals surface area (Å²) in [7, 11) is 0. The highest BCUT2D eigenvalue weighted by molar-refractivity contribution is 6.14. The highest BCUT2D eigenvalue weighted by atomic mass is 16.6. The highest BCUT2D eigenvalue weighted by Gasteiger charge is 2.37. The molecule has 0 spiro atoms. The van der Waals surface area contributed by atoms with Crippen LogP contribution in [-0.2, 0) is 14.3 Å². The maximum atomic E-state index is 13.8. The second kappa shape index (κ2) is 11.0. The van der Waals surface area contributed by atoms with Crippen LogP contribution >= 0.6 is 0 Å². The highest BCUT2D eigenvalue weighted by Crippen LogP contribution is 2.34. The summed E-state index contributed by atoms with van der Waals surface area (Å²) in [6.07, 6.45) is 5.38. The largest absolute Gasteiger partial charge is 0.444 e. The van der Waals surface area contributed by atoms with Crippen molar-refractivity contribution < 1.29 is 19.1 Å². The first kappa shape index (κ1) is 26.2. The Kier molecular flexibility index (Phi) is 8.00. The van der Waals surface area contributed by atoms with Crippen molar-refractivity contribution in [2.45, 2.75) is 84.4 Å². The van der Waals surface area contributed by atoms with E-state index in [2.05, 4.69) is 12.2 Å². The van der Waals surface area contributed by atoms with Crippen LogP contribution in [0, 0.1) is 11.8 Å². The van der Waals surface area contributed by atoms with E-state index >= 15 is 0 Å². The second-order valence-corrected chi connectivity index (χ2v) is 11.4. The smallest absolute Gasteiger partial charge is 0.409 e. The van der Waals surface area contributed by atoms with Crippen molar-refractivity contribution in [3.63, 3.8) is 0 Å². The van der Waals surface area contributed by atoms with E-state index in [4.69, 9.17) is 9.73 Å². The van der Waals surface area contributed by atoms with E-state index in [0.29, 0.717) is 23.9 Å². The molecule has 1 aromatic carbocycles. The van der Waals surface area contributed by atoms with Gasteiger partial charge in [0, 0.05) is 24.4 Å². The number of hydrogen-bond donors (Lipinski definition) is 1. The Labute approximate surface area is 214 Å². The minimum Gasteiger partial charge on any atom is -0.444 e. The Morgan fingerprint density at radius 3 is 2.33 bits per heavy atom. The molecular formula is C28H40N4O4. The molecule has 1 aliphatic carbocycles. The number of benzodiazepines with no additional fused rings is 1. The minimum absolute atomic E-state index is 0.0509. The monoisotopic (exact) mass is 496 g/mol. The van der Waals surface area contributed by atoms with E-state index in [1.807, 2.05) is 29.2 Å². The Morgan fingerprint density at radius 2 is 1.72 bits per heavy atom. The van der Waals surface area contributed by atoms with Gasteiger partial charge in [-0.3, -0.25) is 24.8 Å². The first-order valence-electron chi connectivity index (χ1n) is 13.4. The van der Waals surface area contributed by atoms with Crippen LogP contribution < -0.4 is 10.2 Å². The van der Waals surface area contributed by atoms with E-state index in [1.165, 1.54) is 30.6 Å². The third kappa shape index (κ3) is 6.26. The van der Waals surface area contributed by atoms with Gasteiger partial charge >= 0.3 is 6.09 Å². The molecule has 8 nitrogen and oxygen atoms in total. The average Bonchev–Trinajstić information content (AvgIpc) is 3.20. The number of aliphatic imine (C=N–C) groups is 1. The zero-order chi connectivity index (χ0) is 25.9. The summed E-state index contributed by atoms with van der Waals surface area (Å²) in [5.41, 5.74) is 1.54. The van der Waals surface area contributed by atoms with Crippen LogP contribution in [0.25, 0.3) is 0 Å². The standard InChI is InChI=1S/C28H40N4O4/c1-5-6-10-22-21-9-7-8-11-23(21)32(26(34)25(29-22)30-27(35)36-28(2,3)4)18-24(33)31-16-19-12-13-20(17-31)15-14-19/h7-9,11,19-20,25H,5-6,10,12-18H2,1-4H3,(H,30,35)/t19?,20?,25-/m1/s1. The third-order valence-electron chi connectivity index (χ3n) is 7.28. The molecule has 1 atom stereocenters. The Hall–Kier alpha value is -2.90. The normalized spacial score (nSPS) is 23.9.